The van der Waals surface area contributed by atoms with Crippen molar-refractivity contribution in [2.24, 2.45) is 0 Å². The molecule has 0 spiro atoms. The summed E-state index contributed by atoms with van der Waals surface area (Å²) in [6.07, 6.45) is 1.36. The summed E-state index contributed by atoms with van der Waals surface area (Å²) in [6, 6.07) is 0. The van der Waals surface area contributed by atoms with Crippen LogP contribution in [-0.4, -0.2) is 18.6 Å². The molecule has 1 nitrogen and oxygen atoms in total. The largest absolute Gasteiger partial charge is 0.342 e. The lowest BCUT2D eigenvalue weighted by Gasteiger charge is -2.17. The third-order valence-corrected chi connectivity index (χ3v) is 7.65. The molecule has 1 rings (SSSR count). The molecule has 1 saturated heterocycles. The maximum atomic E-state index is 5.18. The van der Waals surface area contributed by atoms with Crippen molar-refractivity contribution in [3.05, 3.63) is 0 Å². The van der Waals surface area contributed by atoms with Crippen molar-refractivity contribution >= 4 is 29.3 Å². The summed E-state index contributed by atoms with van der Waals surface area (Å²) < 4.78 is 5.18. The molecule has 0 saturated carbocycles. The fraction of sp³-hybridized carbons (Fsp3) is 1.00. The van der Waals surface area contributed by atoms with Gasteiger partial charge in [0.2, 0.25) is 0 Å². The van der Waals surface area contributed by atoms with E-state index in [1.54, 1.807) is 7.11 Å². The molecule has 0 aliphatic carbocycles. The molecule has 0 aromatic rings. The van der Waals surface area contributed by atoms with Crippen LogP contribution in [0.3, 0.4) is 0 Å². The van der Waals surface area contributed by atoms with Crippen molar-refractivity contribution in [1.29, 1.82) is 0 Å². The molecular weight excluding hydrogens is 159 g/mol. The summed E-state index contributed by atoms with van der Waals surface area (Å²) in [6.45, 7) is -0.136. The summed E-state index contributed by atoms with van der Waals surface area (Å²) in [4.78, 5) is 0. The van der Waals surface area contributed by atoms with Gasteiger partial charge in [0.1, 0.15) is 0 Å². The van der Waals surface area contributed by atoms with E-state index in [1.165, 1.54) is 17.9 Å². The molecule has 8 heavy (non-hydrogen) atoms. The molecule has 0 aromatic carbocycles. The first kappa shape index (κ1) is 7.20. The van der Waals surface area contributed by atoms with Gasteiger partial charge in [-0.3, -0.25) is 0 Å². The zero-order valence-corrected chi connectivity index (χ0v) is 7.32. The number of rotatable bonds is 1. The molecule has 1 aliphatic heterocycles. The summed E-state index contributed by atoms with van der Waals surface area (Å²) in [5.74, 6) is 2.60. The van der Waals surface area contributed by atoms with E-state index in [9.17, 15) is 0 Å². The van der Waals surface area contributed by atoms with Gasteiger partial charge in [-0.1, -0.05) is 22.8 Å². The molecule has 1 fully saturated rings. The Bertz CT molecular complexity index is 65.1. The van der Waals surface area contributed by atoms with Crippen LogP contribution in [0.1, 0.15) is 6.42 Å². The van der Waals surface area contributed by atoms with E-state index in [0.717, 1.165) is 0 Å². The average Bonchev–Trinajstić information content (AvgIpc) is 1.90. The van der Waals surface area contributed by atoms with Gasteiger partial charge in [-0.2, -0.15) is 0 Å². The molecule has 0 N–H and O–H groups in total. The summed E-state index contributed by atoms with van der Waals surface area (Å²) in [7, 11) is 1.80. The predicted octanol–water partition coefficient (Wildman–Crippen LogP) is 2.73. The second kappa shape index (κ2) is 3.99. The van der Waals surface area contributed by atoms with Crippen molar-refractivity contribution in [3.63, 3.8) is 0 Å². The monoisotopic (exact) mass is 168 g/mol. The smallest absolute Gasteiger partial charge is 0.151 e. The first-order chi connectivity index (χ1) is 3.93. The molecule has 0 atom stereocenters. The highest BCUT2D eigenvalue weighted by atomic mass is 33.1. The molecule has 0 unspecified atom stereocenters. The summed E-state index contributed by atoms with van der Waals surface area (Å²) in [5, 5.41) is 0. The predicted molar refractivity (Wildman–Crippen MR) is 43.5 cm³/mol. The Labute approximate surface area is 59.3 Å². The number of hydrogen-bond donors (Lipinski definition) is 0. The van der Waals surface area contributed by atoms with E-state index in [-0.39, 0.29) is 6.55 Å². The van der Waals surface area contributed by atoms with E-state index in [4.69, 9.17) is 4.52 Å². The van der Waals surface area contributed by atoms with Gasteiger partial charge in [0.25, 0.3) is 0 Å². The molecule has 48 valence electrons. The number of hydrogen-bond acceptors (Lipinski definition) is 3. The summed E-state index contributed by atoms with van der Waals surface area (Å²) >= 11 is 3.94. The fourth-order valence-electron chi connectivity index (χ4n) is 0.480. The van der Waals surface area contributed by atoms with Crippen LogP contribution in [0.25, 0.3) is 0 Å². The lowest BCUT2D eigenvalue weighted by Crippen LogP contribution is -1.87. The van der Waals surface area contributed by atoms with Crippen LogP contribution in [0.15, 0.2) is 0 Å². The fourth-order valence-corrected chi connectivity index (χ4v) is 6.33. The van der Waals surface area contributed by atoms with Gasteiger partial charge in [0.15, 0.2) is 6.55 Å². The Morgan fingerprint density at radius 1 is 1.38 bits per heavy atom. The lowest BCUT2D eigenvalue weighted by atomic mass is 10.6. The quantitative estimate of drug-likeness (QED) is 0.557. The maximum Gasteiger partial charge on any atom is 0.151 e. The van der Waals surface area contributed by atoms with Gasteiger partial charge in [0, 0.05) is 18.6 Å². The molecule has 0 radical (unpaired) electrons. The van der Waals surface area contributed by atoms with E-state index in [2.05, 4.69) is 0 Å². The Hall–Kier alpha value is 1.09. The molecule has 4 heteroatoms. The highest BCUT2D eigenvalue weighted by Gasteiger charge is 2.12. The van der Waals surface area contributed by atoms with Crippen molar-refractivity contribution in [1.82, 2.24) is 0 Å². The zero-order valence-electron chi connectivity index (χ0n) is 4.79. The minimum absolute atomic E-state index is 0.136. The van der Waals surface area contributed by atoms with Crippen LogP contribution < -0.4 is 0 Å². The molecule has 0 amide bonds. The van der Waals surface area contributed by atoms with Crippen LogP contribution >= 0.6 is 29.3 Å². The van der Waals surface area contributed by atoms with Gasteiger partial charge < -0.3 is 4.52 Å². The van der Waals surface area contributed by atoms with Crippen LogP contribution in [0, 0.1) is 0 Å². The SMILES string of the molecule is COP1SCCCS1. The first-order valence-electron chi connectivity index (χ1n) is 2.53. The minimum atomic E-state index is -0.136. The van der Waals surface area contributed by atoms with Crippen LogP contribution in [0.5, 0.6) is 0 Å². The second-order valence-corrected chi connectivity index (χ2v) is 7.80. The Balaban J connectivity index is 2.13. The second-order valence-electron chi connectivity index (χ2n) is 1.43. The van der Waals surface area contributed by atoms with E-state index in [1.807, 2.05) is 22.8 Å². The lowest BCUT2D eigenvalue weighted by molar-refractivity contribution is 0.482. The van der Waals surface area contributed by atoms with Gasteiger partial charge in [-0.05, 0) is 6.42 Å². The maximum absolute atomic E-state index is 5.18. The van der Waals surface area contributed by atoms with Crippen LogP contribution in [0.2, 0.25) is 0 Å². The van der Waals surface area contributed by atoms with E-state index < -0.39 is 0 Å². The Kier molecular flexibility index (Phi) is 3.60. The Morgan fingerprint density at radius 2 is 2.00 bits per heavy atom. The standard InChI is InChI=1S/C4H9OPS2/c1-5-6-7-3-2-4-8-6/h2-4H2,1H3. The molecule has 0 bridgehead atoms. The highest BCUT2D eigenvalue weighted by molar-refractivity contribution is 8.87. The molecule has 1 heterocycles. The third-order valence-electron chi connectivity index (χ3n) is 0.831. The zero-order chi connectivity index (χ0) is 5.82. The summed E-state index contributed by atoms with van der Waals surface area (Å²) in [5.41, 5.74) is 0. The Morgan fingerprint density at radius 3 is 2.38 bits per heavy atom. The van der Waals surface area contributed by atoms with Crippen molar-refractivity contribution in [2.75, 3.05) is 18.6 Å². The molecule has 1 aliphatic rings. The molecule has 0 aromatic heterocycles. The molecular formula is C4H9OPS2. The van der Waals surface area contributed by atoms with Crippen molar-refractivity contribution < 1.29 is 4.52 Å². The van der Waals surface area contributed by atoms with E-state index >= 15 is 0 Å². The first-order valence-corrected chi connectivity index (χ1v) is 6.97. The topological polar surface area (TPSA) is 9.23 Å². The van der Waals surface area contributed by atoms with Crippen molar-refractivity contribution in [2.45, 2.75) is 6.42 Å². The average molecular weight is 168 g/mol. The highest BCUT2D eigenvalue weighted by Crippen LogP contribution is 2.63. The third kappa shape index (κ3) is 2.14. The normalized spacial score (nSPS) is 23.6. The minimum Gasteiger partial charge on any atom is -0.342 e. The van der Waals surface area contributed by atoms with Crippen LogP contribution in [-0.2, 0) is 4.52 Å². The van der Waals surface area contributed by atoms with E-state index in [0.29, 0.717) is 0 Å². The van der Waals surface area contributed by atoms with Gasteiger partial charge in [-0.15, -0.1) is 0 Å². The van der Waals surface area contributed by atoms with Crippen LogP contribution in [0.4, 0.5) is 0 Å². The van der Waals surface area contributed by atoms with Crippen molar-refractivity contribution in [3.8, 4) is 0 Å². The van der Waals surface area contributed by atoms with Gasteiger partial charge in [-0.25, -0.2) is 0 Å². The van der Waals surface area contributed by atoms with Gasteiger partial charge in [0.05, 0.1) is 0 Å². The van der Waals surface area contributed by atoms with Gasteiger partial charge >= 0.3 is 0 Å².